The van der Waals surface area contributed by atoms with E-state index in [9.17, 15) is 8.42 Å². The zero-order chi connectivity index (χ0) is 28.2. The van der Waals surface area contributed by atoms with Crippen LogP contribution in [0.2, 0.25) is 0 Å². The fourth-order valence-corrected chi connectivity index (χ4v) is 6.98. The highest BCUT2D eigenvalue weighted by molar-refractivity contribution is 7.91. The number of hydrogen-bond acceptors (Lipinski definition) is 7. The predicted molar refractivity (Wildman–Crippen MR) is 150 cm³/mol. The molecule has 1 atom stereocenters. The van der Waals surface area contributed by atoms with E-state index < -0.39 is 15.9 Å². The van der Waals surface area contributed by atoms with Gasteiger partial charge in [0.1, 0.15) is 17.3 Å². The van der Waals surface area contributed by atoms with Crippen molar-refractivity contribution >= 4 is 31.8 Å². The minimum Gasteiger partial charge on any atom is -0.496 e. The van der Waals surface area contributed by atoms with Crippen LogP contribution in [-0.2, 0) is 14.6 Å². The summed E-state index contributed by atoms with van der Waals surface area (Å²) in [7, 11) is -2.15. The fourth-order valence-electron chi connectivity index (χ4n) is 6.11. The van der Waals surface area contributed by atoms with Crippen LogP contribution < -0.4 is 4.74 Å². The number of nitrogens with zero attached hydrogens (tertiary/aromatic N) is 3. The number of methoxy groups -OCH3 is 1. The molecular weight excluding hydrogens is 533 g/mol. The van der Waals surface area contributed by atoms with Crippen molar-refractivity contribution in [2.75, 3.05) is 26.6 Å². The number of halogens is 1. The van der Waals surface area contributed by atoms with Crippen LogP contribution in [-0.4, -0.2) is 49.7 Å². The third kappa shape index (κ3) is 4.26. The molecule has 0 aliphatic carbocycles. The molecule has 3 aromatic heterocycles. The zero-order valence-electron chi connectivity index (χ0n) is 22.8. The molecule has 0 amide bonds. The second-order valence-electron chi connectivity index (χ2n) is 10.3. The maximum absolute atomic E-state index is 15.7. The molecule has 40 heavy (non-hydrogen) atoms. The van der Waals surface area contributed by atoms with Gasteiger partial charge in [-0.25, -0.2) is 12.8 Å². The van der Waals surface area contributed by atoms with Crippen molar-refractivity contribution in [1.29, 1.82) is 0 Å². The fraction of sp³-hybridized carbons (Fsp3) is 0.333. The molecule has 6 rings (SSSR count). The van der Waals surface area contributed by atoms with Gasteiger partial charge in [0.05, 0.1) is 45.7 Å². The number of aromatic nitrogens is 3. The van der Waals surface area contributed by atoms with E-state index in [-0.39, 0.29) is 16.6 Å². The smallest absolute Gasteiger partial charge is 0.177 e. The molecule has 10 heteroatoms. The highest BCUT2D eigenvalue weighted by Gasteiger charge is 2.34. The Balaban J connectivity index is 1.81. The van der Waals surface area contributed by atoms with E-state index in [4.69, 9.17) is 19.0 Å². The Hall–Kier alpha value is -3.76. The van der Waals surface area contributed by atoms with Gasteiger partial charge in [0, 0.05) is 42.4 Å². The van der Waals surface area contributed by atoms with Crippen molar-refractivity contribution in [3.63, 3.8) is 0 Å². The van der Waals surface area contributed by atoms with Gasteiger partial charge in [-0.2, -0.15) is 0 Å². The monoisotopic (exact) mass is 563 g/mol. The summed E-state index contributed by atoms with van der Waals surface area (Å²) in [5, 5.41) is 4.68. The number of pyridine rings is 1. The van der Waals surface area contributed by atoms with Crippen LogP contribution >= 0.6 is 0 Å². The lowest BCUT2D eigenvalue weighted by Crippen LogP contribution is -2.28. The van der Waals surface area contributed by atoms with Crippen molar-refractivity contribution < 1.29 is 26.8 Å². The Kier molecular flexibility index (Phi) is 6.62. The number of hydrogen-bond donors (Lipinski definition) is 0. The summed E-state index contributed by atoms with van der Waals surface area (Å²) in [5.41, 5.74) is 4.47. The summed E-state index contributed by atoms with van der Waals surface area (Å²) in [5.74, 6) is 0.757. The summed E-state index contributed by atoms with van der Waals surface area (Å²) in [6, 6.07) is 11.3. The first kappa shape index (κ1) is 26.5. The predicted octanol–water partition coefficient (Wildman–Crippen LogP) is 6.03. The van der Waals surface area contributed by atoms with Gasteiger partial charge in [-0.05, 0) is 56.9 Å². The maximum atomic E-state index is 15.7. The summed E-state index contributed by atoms with van der Waals surface area (Å²) < 4.78 is 60.9. The highest BCUT2D eigenvalue weighted by Crippen LogP contribution is 2.46. The summed E-state index contributed by atoms with van der Waals surface area (Å²) >= 11 is 0. The lowest BCUT2D eigenvalue weighted by atomic mass is 9.86. The number of aryl methyl sites for hydroxylation is 2. The lowest BCUT2D eigenvalue weighted by molar-refractivity contribution is 0.0548. The Bertz CT molecular complexity index is 1840. The van der Waals surface area contributed by atoms with Gasteiger partial charge < -0.3 is 18.6 Å². The number of fused-ring (bicyclic) bond motifs is 3. The minimum absolute atomic E-state index is 0.0224. The number of ether oxygens (including phenoxy) is 2. The summed E-state index contributed by atoms with van der Waals surface area (Å²) in [4.78, 5) is 4.99. The average molecular weight is 564 g/mol. The van der Waals surface area contributed by atoms with Crippen LogP contribution in [0.3, 0.4) is 0 Å². The van der Waals surface area contributed by atoms with E-state index in [0.717, 1.165) is 11.1 Å². The maximum Gasteiger partial charge on any atom is 0.177 e. The summed E-state index contributed by atoms with van der Waals surface area (Å²) in [6.45, 7) is 4.78. The van der Waals surface area contributed by atoms with Crippen LogP contribution in [0, 0.1) is 25.6 Å². The van der Waals surface area contributed by atoms with E-state index >= 15 is 4.39 Å². The Morgan fingerprint density at radius 1 is 1.12 bits per heavy atom. The van der Waals surface area contributed by atoms with Gasteiger partial charge in [-0.15, -0.1) is 0 Å². The minimum atomic E-state index is -3.70. The van der Waals surface area contributed by atoms with Crippen molar-refractivity contribution in [1.82, 2.24) is 14.7 Å². The number of rotatable bonds is 6. The van der Waals surface area contributed by atoms with Crippen LogP contribution in [0.15, 0.2) is 58.1 Å². The molecule has 8 nitrogen and oxygen atoms in total. The standard InChI is InChI=1S/C30H30FN3O5S/c1-17-26(18(2)39-33-17)20-15-23-28(32-16-20)27-24(37-3)9-10-25(40(4,35)36)30(27)34(23)29(19-11-13-38-14-12-19)21-7-5-6-8-22(21)31/h5-10,15-16,19,29H,11-14H2,1-4H3. The Morgan fingerprint density at radius 3 is 2.52 bits per heavy atom. The average Bonchev–Trinajstić information content (AvgIpc) is 3.45. The molecule has 1 aliphatic heterocycles. The van der Waals surface area contributed by atoms with E-state index in [2.05, 4.69) is 5.16 Å². The molecule has 0 N–H and O–H groups in total. The molecule has 1 unspecified atom stereocenters. The Labute approximate surface area is 231 Å². The van der Waals surface area contributed by atoms with Crippen molar-refractivity contribution in [3.8, 4) is 16.9 Å². The third-order valence-corrected chi connectivity index (χ3v) is 8.99. The van der Waals surface area contributed by atoms with Gasteiger partial charge in [-0.3, -0.25) is 4.98 Å². The highest BCUT2D eigenvalue weighted by atomic mass is 32.2. The topological polar surface area (TPSA) is 96.5 Å². The van der Waals surface area contributed by atoms with Gasteiger partial charge >= 0.3 is 0 Å². The molecule has 0 bridgehead atoms. The largest absolute Gasteiger partial charge is 0.496 e. The second-order valence-corrected chi connectivity index (χ2v) is 12.3. The molecule has 1 fully saturated rings. The van der Waals surface area contributed by atoms with Crippen LogP contribution in [0.4, 0.5) is 4.39 Å². The molecule has 0 radical (unpaired) electrons. The van der Waals surface area contributed by atoms with Gasteiger partial charge in [0.15, 0.2) is 9.84 Å². The van der Waals surface area contributed by atoms with E-state index in [1.165, 1.54) is 12.3 Å². The van der Waals surface area contributed by atoms with Gasteiger partial charge in [0.2, 0.25) is 0 Å². The van der Waals surface area contributed by atoms with Gasteiger partial charge in [-0.1, -0.05) is 23.4 Å². The van der Waals surface area contributed by atoms with Crippen molar-refractivity contribution in [2.45, 2.75) is 37.6 Å². The molecule has 5 aromatic rings. The van der Waals surface area contributed by atoms with Gasteiger partial charge in [0.25, 0.3) is 0 Å². The molecular formula is C30H30FN3O5S. The lowest BCUT2D eigenvalue weighted by Gasteiger charge is -2.33. The first-order valence-corrected chi connectivity index (χ1v) is 15.1. The molecule has 0 saturated carbocycles. The molecule has 4 heterocycles. The van der Waals surface area contributed by atoms with E-state index in [1.807, 2.05) is 30.5 Å². The van der Waals surface area contributed by atoms with Crippen molar-refractivity contribution in [3.05, 3.63) is 71.5 Å². The quantitative estimate of drug-likeness (QED) is 0.249. The normalized spacial score (nSPS) is 15.6. The Morgan fingerprint density at radius 2 is 1.88 bits per heavy atom. The van der Waals surface area contributed by atoms with Crippen LogP contribution in [0.5, 0.6) is 5.75 Å². The van der Waals surface area contributed by atoms with E-state index in [0.29, 0.717) is 70.8 Å². The molecule has 1 saturated heterocycles. The number of benzene rings is 2. The molecule has 208 valence electrons. The van der Waals surface area contributed by atoms with Crippen LogP contribution in [0.1, 0.15) is 35.9 Å². The van der Waals surface area contributed by atoms with Crippen LogP contribution in [0.25, 0.3) is 33.1 Å². The molecule has 2 aromatic carbocycles. The first-order chi connectivity index (χ1) is 19.2. The molecule has 1 aliphatic rings. The van der Waals surface area contributed by atoms with Crippen molar-refractivity contribution in [2.24, 2.45) is 5.92 Å². The van der Waals surface area contributed by atoms with E-state index in [1.54, 1.807) is 37.6 Å². The first-order valence-electron chi connectivity index (χ1n) is 13.2. The summed E-state index contributed by atoms with van der Waals surface area (Å²) in [6.07, 6.45) is 4.30. The zero-order valence-corrected chi connectivity index (χ0v) is 23.6. The molecule has 0 spiro atoms. The third-order valence-electron chi connectivity index (χ3n) is 7.86. The SMILES string of the molecule is COc1ccc(S(C)(=O)=O)c2c1c1ncc(-c3c(C)noc3C)cc1n2C(c1ccccc1F)C1CCOCC1. The number of sulfone groups is 1. The second kappa shape index (κ2) is 10.0.